The smallest absolute Gasteiger partial charge is 0.0235 e. The van der Waals surface area contributed by atoms with E-state index >= 15 is 0 Å². The summed E-state index contributed by atoms with van der Waals surface area (Å²) in [5, 5.41) is 0. The molecule has 0 aromatic heterocycles. The zero-order chi connectivity index (χ0) is 11.9. The van der Waals surface area contributed by atoms with Crippen LogP contribution in [0.25, 0.3) is 0 Å². The molecule has 2 aliphatic heterocycles. The van der Waals surface area contributed by atoms with Crippen molar-refractivity contribution in [2.45, 2.75) is 51.0 Å². The van der Waals surface area contributed by atoms with Gasteiger partial charge < -0.3 is 10.6 Å². The lowest BCUT2D eigenvalue weighted by Gasteiger charge is -2.32. The molecule has 0 aliphatic carbocycles. The van der Waals surface area contributed by atoms with Crippen LogP contribution in [0.4, 0.5) is 0 Å². The van der Waals surface area contributed by atoms with Crippen LogP contribution in [-0.2, 0) is 0 Å². The molecule has 2 rings (SSSR count). The van der Waals surface area contributed by atoms with E-state index in [4.69, 9.17) is 5.73 Å². The average molecular weight is 239 g/mol. The number of rotatable bonds is 6. The fourth-order valence-corrected chi connectivity index (χ4v) is 3.25. The van der Waals surface area contributed by atoms with Crippen molar-refractivity contribution in [3.63, 3.8) is 0 Å². The molecule has 0 aromatic rings. The van der Waals surface area contributed by atoms with Gasteiger partial charge in [-0.2, -0.15) is 0 Å². The number of hydrogen-bond acceptors (Lipinski definition) is 3. The molecule has 3 nitrogen and oxygen atoms in total. The van der Waals surface area contributed by atoms with Crippen molar-refractivity contribution in [1.29, 1.82) is 0 Å². The third-order valence-corrected chi connectivity index (χ3v) is 4.33. The summed E-state index contributed by atoms with van der Waals surface area (Å²) in [5.41, 5.74) is 5.52. The van der Waals surface area contributed by atoms with Gasteiger partial charge in [0.05, 0.1) is 0 Å². The molecule has 17 heavy (non-hydrogen) atoms. The molecule has 100 valence electrons. The molecule has 2 fully saturated rings. The maximum Gasteiger partial charge on any atom is 0.0235 e. The third kappa shape index (κ3) is 4.23. The molecule has 1 atom stereocenters. The standard InChI is InChI=1S/C14H29N3/c15-8-3-1-4-9-16-12-7-14(13-16)17-10-5-2-6-11-17/h14H,1-13,15H2. The molecule has 2 saturated heterocycles. The van der Waals surface area contributed by atoms with E-state index in [1.807, 2.05) is 0 Å². The van der Waals surface area contributed by atoms with E-state index in [-0.39, 0.29) is 0 Å². The van der Waals surface area contributed by atoms with Crippen molar-refractivity contribution in [3.8, 4) is 0 Å². The monoisotopic (exact) mass is 239 g/mol. The first-order valence-electron chi connectivity index (χ1n) is 7.56. The van der Waals surface area contributed by atoms with Gasteiger partial charge in [-0.25, -0.2) is 0 Å². The highest BCUT2D eigenvalue weighted by Crippen LogP contribution is 2.20. The molecule has 2 aliphatic rings. The van der Waals surface area contributed by atoms with Crippen molar-refractivity contribution in [2.24, 2.45) is 5.73 Å². The Morgan fingerprint density at radius 2 is 1.76 bits per heavy atom. The summed E-state index contributed by atoms with van der Waals surface area (Å²) in [4.78, 5) is 5.40. The number of piperidine rings is 1. The molecule has 0 radical (unpaired) electrons. The highest BCUT2D eigenvalue weighted by molar-refractivity contribution is 4.84. The second kappa shape index (κ2) is 7.34. The highest BCUT2D eigenvalue weighted by atomic mass is 15.3. The molecule has 0 aromatic carbocycles. The molecule has 0 saturated carbocycles. The van der Waals surface area contributed by atoms with Gasteiger partial charge in [-0.15, -0.1) is 0 Å². The number of likely N-dealkylation sites (tertiary alicyclic amines) is 2. The van der Waals surface area contributed by atoms with Crippen LogP contribution in [0.3, 0.4) is 0 Å². The minimum atomic E-state index is 0.858. The summed E-state index contributed by atoms with van der Waals surface area (Å²) in [6.45, 7) is 7.50. The van der Waals surface area contributed by atoms with E-state index < -0.39 is 0 Å². The quantitative estimate of drug-likeness (QED) is 0.716. The Balaban J connectivity index is 1.61. The first-order chi connectivity index (χ1) is 8.40. The SMILES string of the molecule is NCCCCCN1CCC(N2CCCCC2)C1. The minimum absolute atomic E-state index is 0.858. The van der Waals surface area contributed by atoms with Gasteiger partial charge in [0.2, 0.25) is 0 Å². The first kappa shape index (κ1) is 13.3. The Labute approximate surface area is 106 Å². The molecule has 2 heterocycles. The Hall–Kier alpha value is -0.120. The molecule has 2 N–H and O–H groups in total. The van der Waals surface area contributed by atoms with Crippen LogP contribution in [-0.4, -0.2) is 55.1 Å². The van der Waals surface area contributed by atoms with E-state index in [0.29, 0.717) is 0 Å². The zero-order valence-corrected chi connectivity index (χ0v) is 11.2. The van der Waals surface area contributed by atoms with E-state index in [0.717, 1.165) is 12.6 Å². The molecular weight excluding hydrogens is 210 g/mol. The predicted molar refractivity (Wildman–Crippen MR) is 73.2 cm³/mol. The van der Waals surface area contributed by atoms with E-state index in [1.165, 1.54) is 77.7 Å². The van der Waals surface area contributed by atoms with Crippen molar-refractivity contribution in [3.05, 3.63) is 0 Å². The molecule has 3 heteroatoms. The van der Waals surface area contributed by atoms with E-state index in [1.54, 1.807) is 0 Å². The average Bonchev–Trinajstić information content (AvgIpc) is 2.85. The summed E-state index contributed by atoms with van der Waals surface area (Å²) in [7, 11) is 0. The van der Waals surface area contributed by atoms with Gasteiger partial charge in [-0.3, -0.25) is 4.90 Å². The lowest BCUT2D eigenvalue weighted by molar-refractivity contribution is 0.162. The maximum atomic E-state index is 5.52. The maximum absolute atomic E-state index is 5.52. The summed E-state index contributed by atoms with van der Waals surface area (Å²) in [6, 6.07) is 0.866. The van der Waals surface area contributed by atoms with Crippen molar-refractivity contribution >= 4 is 0 Å². The second-order valence-electron chi connectivity index (χ2n) is 5.69. The van der Waals surface area contributed by atoms with Crippen LogP contribution in [0, 0.1) is 0 Å². The second-order valence-corrected chi connectivity index (χ2v) is 5.69. The van der Waals surface area contributed by atoms with Gasteiger partial charge in [0.15, 0.2) is 0 Å². The Morgan fingerprint density at radius 3 is 2.53 bits per heavy atom. The molecule has 0 amide bonds. The van der Waals surface area contributed by atoms with Crippen molar-refractivity contribution in [2.75, 3.05) is 39.3 Å². The van der Waals surface area contributed by atoms with Gasteiger partial charge >= 0.3 is 0 Å². The summed E-state index contributed by atoms with van der Waals surface area (Å²) >= 11 is 0. The van der Waals surface area contributed by atoms with Gasteiger partial charge in [0.25, 0.3) is 0 Å². The van der Waals surface area contributed by atoms with Crippen LogP contribution in [0.5, 0.6) is 0 Å². The van der Waals surface area contributed by atoms with Crippen LogP contribution < -0.4 is 5.73 Å². The molecule has 0 spiro atoms. The summed E-state index contributed by atoms with van der Waals surface area (Å²) in [6.07, 6.45) is 9.54. The van der Waals surface area contributed by atoms with E-state index in [2.05, 4.69) is 9.80 Å². The number of hydrogen-bond donors (Lipinski definition) is 1. The Kier molecular flexibility index (Phi) is 5.75. The fraction of sp³-hybridized carbons (Fsp3) is 1.00. The highest BCUT2D eigenvalue weighted by Gasteiger charge is 2.27. The lowest BCUT2D eigenvalue weighted by Crippen LogP contribution is -2.40. The number of nitrogens with zero attached hydrogens (tertiary/aromatic N) is 2. The zero-order valence-electron chi connectivity index (χ0n) is 11.2. The van der Waals surface area contributed by atoms with Crippen LogP contribution in [0.15, 0.2) is 0 Å². The number of unbranched alkanes of at least 4 members (excludes halogenated alkanes) is 2. The van der Waals surface area contributed by atoms with E-state index in [9.17, 15) is 0 Å². The van der Waals surface area contributed by atoms with Gasteiger partial charge in [0.1, 0.15) is 0 Å². The van der Waals surface area contributed by atoms with Gasteiger partial charge in [-0.05, 0) is 64.8 Å². The topological polar surface area (TPSA) is 32.5 Å². The largest absolute Gasteiger partial charge is 0.330 e. The van der Waals surface area contributed by atoms with Crippen LogP contribution in [0.1, 0.15) is 44.9 Å². The van der Waals surface area contributed by atoms with Crippen LogP contribution >= 0.6 is 0 Å². The Bertz CT molecular complexity index is 202. The van der Waals surface area contributed by atoms with Crippen molar-refractivity contribution in [1.82, 2.24) is 9.80 Å². The third-order valence-electron chi connectivity index (χ3n) is 4.33. The van der Waals surface area contributed by atoms with Crippen molar-refractivity contribution < 1.29 is 0 Å². The molecule has 1 unspecified atom stereocenters. The van der Waals surface area contributed by atoms with Gasteiger partial charge in [0, 0.05) is 12.6 Å². The Morgan fingerprint density at radius 1 is 0.941 bits per heavy atom. The summed E-state index contributed by atoms with van der Waals surface area (Å²) < 4.78 is 0. The first-order valence-corrected chi connectivity index (χ1v) is 7.56. The lowest BCUT2D eigenvalue weighted by atomic mass is 10.1. The van der Waals surface area contributed by atoms with Gasteiger partial charge in [-0.1, -0.05) is 12.8 Å². The molecule has 0 bridgehead atoms. The van der Waals surface area contributed by atoms with Crippen LogP contribution in [0.2, 0.25) is 0 Å². The minimum Gasteiger partial charge on any atom is -0.330 e. The molecular formula is C14H29N3. The fourth-order valence-electron chi connectivity index (χ4n) is 3.25. The number of nitrogens with two attached hydrogens (primary N) is 1. The predicted octanol–water partition coefficient (Wildman–Crippen LogP) is 1.68. The summed E-state index contributed by atoms with van der Waals surface area (Å²) in [5.74, 6) is 0. The normalized spacial score (nSPS) is 27.7.